The van der Waals surface area contributed by atoms with Crippen molar-refractivity contribution in [2.24, 2.45) is 5.92 Å². The van der Waals surface area contributed by atoms with E-state index in [1.807, 2.05) is 0 Å². The minimum atomic E-state index is -3.47. The van der Waals surface area contributed by atoms with Crippen LogP contribution in [0.5, 0.6) is 0 Å². The van der Waals surface area contributed by atoms with Crippen LogP contribution in [0.2, 0.25) is 0 Å². The molecular weight excluding hydrogens is 252 g/mol. The van der Waals surface area contributed by atoms with Crippen LogP contribution >= 0.6 is 0 Å². The Hall–Kier alpha value is -0.980. The van der Waals surface area contributed by atoms with Crippen LogP contribution in [0.4, 0.5) is 0 Å². The summed E-state index contributed by atoms with van der Waals surface area (Å²) < 4.78 is 26.1. The second kappa shape index (κ2) is 5.34. The fourth-order valence-corrected chi connectivity index (χ4v) is 3.40. The number of aliphatic hydroxyl groups is 1. The molecule has 0 radical (unpaired) electrons. The summed E-state index contributed by atoms with van der Waals surface area (Å²) in [5, 5.41) is 8.97. The van der Waals surface area contributed by atoms with Crippen LogP contribution in [-0.4, -0.2) is 35.9 Å². The van der Waals surface area contributed by atoms with E-state index in [2.05, 4.69) is 11.9 Å². The van der Waals surface area contributed by atoms with Crippen molar-refractivity contribution in [2.45, 2.75) is 31.4 Å². The highest BCUT2D eigenvalue weighted by atomic mass is 32.2. The van der Waals surface area contributed by atoms with Crippen LogP contribution in [0.1, 0.15) is 25.3 Å². The number of hydrogen-bond donors (Lipinski definition) is 1. The molecule has 6 heteroatoms. The molecule has 0 aliphatic carbocycles. The van der Waals surface area contributed by atoms with Gasteiger partial charge in [0.2, 0.25) is 0 Å². The third kappa shape index (κ3) is 2.71. The van der Waals surface area contributed by atoms with Crippen molar-refractivity contribution in [1.29, 1.82) is 0 Å². The number of nitrogens with zero attached hydrogens (tertiary/aromatic N) is 2. The van der Waals surface area contributed by atoms with Crippen molar-refractivity contribution >= 4 is 10.0 Å². The highest BCUT2D eigenvalue weighted by Gasteiger charge is 2.28. The standard InChI is InChI=1S/C12H18N2O3S/c1-10-4-6-14(7-5-10)18(16,17)12-3-2-11(9-15)8-13-12/h2-3,8,10,15H,4-7,9H2,1H3. The average Bonchev–Trinajstić information content (AvgIpc) is 2.39. The van der Waals surface area contributed by atoms with Crippen LogP contribution in [0.15, 0.2) is 23.4 Å². The van der Waals surface area contributed by atoms with Gasteiger partial charge in [-0.05, 0) is 30.4 Å². The Morgan fingerprint density at radius 2 is 2.06 bits per heavy atom. The summed E-state index contributed by atoms with van der Waals surface area (Å²) in [6.45, 7) is 3.13. The number of hydrogen-bond acceptors (Lipinski definition) is 4. The van der Waals surface area contributed by atoms with E-state index >= 15 is 0 Å². The number of rotatable bonds is 3. The van der Waals surface area contributed by atoms with E-state index < -0.39 is 10.0 Å². The first-order valence-electron chi connectivity index (χ1n) is 6.10. The molecule has 18 heavy (non-hydrogen) atoms. The smallest absolute Gasteiger partial charge is 0.260 e. The molecule has 0 aromatic carbocycles. The lowest BCUT2D eigenvalue weighted by atomic mass is 10.0. The quantitative estimate of drug-likeness (QED) is 0.889. The molecule has 100 valence electrons. The van der Waals surface area contributed by atoms with Gasteiger partial charge < -0.3 is 5.11 Å². The van der Waals surface area contributed by atoms with E-state index in [9.17, 15) is 8.42 Å². The van der Waals surface area contributed by atoms with Gasteiger partial charge in [0.05, 0.1) is 6.61 Å². The zero-order valence-electron chi connectivity index (χ0n) is 10.4. The molecule has 0 spiro atoms. The number of piperidine rings is 1. The fraction of sp³-hybridized carbons (Fsp3) is 0.583. The molecule has 1 saturated heterocycles. The van der Waals surface area contributed by atoms with Gasteiger partial charge >= 0.3 is 0 Å². The maximum absolute atomic E-state index is 12.3. The van der Waals surface area contributed by atoms with Crippen LogP contribution in [0.25, 0.3) is 0 Å². The summed E-state index contributed by atoms with van der Waals surface area (Å²) in [5.41, 5.74) is 0.612. The van der Waals surface area contributed by atoms with Gasteiger partial charge in [0, 0.05) is 19.3 Å². The molecule has 0 amide bonds. The highest BCUT2D eigenvalue weighted by Crippen LogP contribution is 2.22. The van der Waals surface area contributed by atoms with Gasteiger partial charge in [0.1, 0.15) is 0 Å². The van der Waals surface area contributed by atoms with Gasteiger partial charge in [-0.1, -0.05) is 13.0 Å². The second-order valence-corrected chi connectivity index (χ2v) is 6.63. The Bertz CT molecular complexity index is 491. The molecule has 1 N–H and O–H groups in total. The molecule has 1 aliphatic heterocycles. The molecular formula is C12H18N2O3S. The third-order valence-corrected chi connectivity index (χ3v) is 5.14. The van der Waals surface area contributed by atoms with Gasteiger partial charge in [-0.15, -0.1) is 0 Å². The highest BCUT2D eigenvalue weighted by molar-refractivity contribution is 7.89. The number of aromatic nitrogens is 1. The summed E-state index contributed by atoms with van der Waals surface area (Å²) in [4.78, 5) is 3.93. The lowest BCUT2D eigenvalue weighted by Gasteiger charge is -2.28. The van der Waals surface area contributed by atoms with E-state index in [0.717, 1.165) is 12.8 Å². The predicted octanol–water partition coefficient (Wildman–Crippen LogP) is 0.995. The Morgan fingerprint density at radius 3 is 2.56 bits per heavy atom. The number of sulfonamides is 1. The normalized spacial score (nSPS) is 19.0. The molecule has 1 aromatic rings. The maximum Gasteiger partial charge on any atom is 0.260 e. The first kappa shape index (κ1) is 13.5. The molecule has 0 bridgehead atoms. The van der Waals surface area contributed by atoms with Crippen molar-refractivity contribution < 1.29 is 13.5 Å². The topological polar surface area (TPSA) is 70.5 Å². The van der Waals surface area contributed by atoms with Gasteiger partial charge in [-0.25, -0.2) is 13.4 Å². The van der Waals surface area contributed by atoms with Crippen LogP contribution in [-0.2, 0) is 16.6 Å². The Kier molecular flexibility index (Phi) is 3.99. The zero-order valence-corrected chi connectivity index (χ0v) is 11.2. The maximum atomic E-state index is 12.3. The predicted molar refractivity (Wildman–Crippen MR) is 67.3 cm³/mol. The minimum absolute atomic E-state index is 0.0641. The van der Waals surface area contributed by atoms with Gasteiger partial charge in [0.15, 0.2) is 5.03 Å². The average molecular weight is 270 g/mol. The molecule has 1 aromatic heterocycles. The van der Waals surface area contributed by atoms with Gasteiger partial charge in [-0.3, -0.25) is 0 Å². The largest absolute Gasteiger partial charge is 0.392 e. The summed E-state index contributed by atoms with van der Waals surface area (Å²) in [6.07, 6.45) is 3.20. The Labute approximate surface area is 108 Å². The fourth-order valence-electron chi connectivity index (χ4n) is 2.01. The van der Waals surface area contributed by atoms with E-state index in [1.54, 1.807) is 6.07 Å². The van der Waals surface area contributed by atoms with Gasteiger partial charge in [-0.2, -0.15) is 4.31 Å². The van der Waals surface area contributed by atoms with Crippen molar-refractivity contribution in [3.63, 3.8) is 0 Å². The molecule has 2 rings (SSSR count). The monoisotopic (exact) mass is 270 g/mol. The number of pyridine rings is 1. The molecule has 0 saturated carbocycles. The summed E-state index contributed by atoms with van der Waals surface area (Å²) >= 11 is 0. The van der Waals surface area contributed by atoms with Gasteiger partial charge in [0.25, 0.3) is 10.0 Å². The summed E-state index contributed by atoms with van der Waals surface area (Å²) in [7, 11) is -3.47. The molecule has 2 heterocycles. The van der Waals surface area contributed by atoms with Crippen molar-refractivity contribution in [3.8, 4) is 0 Å². The zero-order chi connectivity index (χ0) is 13.2. The van der Waals surface area contributed by atoms with E-state index in [1.165, 1.54) is 16.6 Å². The summed E-state index contributed by atoms with van der Waals surface area (Å²) in [6, 6.07) is 3.05. The van der Waals surface area contributed by atoms with E-state index in [-0.39, 0.29) is 11.6 Å². The van der Waals surface area contributed by atoms with Crippen LogP contribution < -0.4 is 0 Å². The lowest BCUT2D eigenvalue weighted by Crippen LogP contribution is -2.38. The SMILES string of the molecule is CC1CCN(S(=O)(=O)c2ccc(CO)cn2)CC1. The Balaban J connectivity index is 2.19. The lowest BCUT2D eigenvalue weighted by molar-refractivity contribution is 0.280. The molecule has 1 fully saturated rings. The Morgan fingerprint density at radius 1 is 1.39 bits per heavy atom. The molecule has 1 aliphatic rings. The summed E-state index contributed by atoms with van der Waals surface area (Å²) in [5.74, 6) is 0.584. The van der Waals surface area contributed by atoms with Crippen molar-refractivity contribution in [1.82, 2.24) is 9.29 Å². The molecule has 5 nitrogen and oxygen atoms in total. The van der Waals surface area contributed by atoms with Crippen LogP contribution in [0, 0.1) is 5.92 Å². The van der Waals surface area contributed by atoms with Crippen molar-refractivity contribution in [3.05, 3.63) is 23.9 Å². The van der Waals surface area contributed by atoms with E-state index in [4.69, 9.17) is 5.11 Å². The third-order valence-electron chi connectivity index (χ3n) is 3.33. The van der Waals surface area contributed by atoms with E-state index in [0.29, 0.717) is 24.6 Å². The molecule has 0 unspecified atom stereocenters. The minimum Gasteiger partial charge on any atom is -0.392 e. The number of aliphatic hydroxyl groups excluding tert-OH is 1. The first-order valence-corrected chi connectivity index (χ1v) is 7.54. The van der Waals surface area contributed by atoms with Crippen molar-refractivity contribution in [2.75, 3.05) is 13.1 Å². The van der Waals surface area contributed by atoms with Crippen LogP contribution in [0.3, 0.4) is 0 Å². The first-order chi connectivity index (χ1) is 8.54. The second-order valence-electron chi connectivity index (χ2n) is 4.75. The molecule has 0 atom stereocenters.